The fourth-order valence-electron chi connectivity index (χ4n) is 2.42. The van der Waals surface area contributed by atoms with Gasteiger partial charge in [-0.25, -0.2) is 0 Å². The SMILES string of the molecule is C=CCOc1c(Br)cc(CNCCCCCCCC)cc1OC. The lowest BCUT2D eigenvalue weighted by Gasteiger charge is -2.14. The molecule has 130 valence electrons. The van der Waals surface area contributed by atoms with E-state index < -0.39 is 0 Å². The topological polar surface area (TPSA) is 30.5 Å². The Hall–Kier alpha value is -1.00. The summed E-state index contributed by atoms with van der Waals surface area (Å²) in [7, 11) is 1.66. The zero-order chi connectivity index (χ0) is 16.9. The van der Waals surface area contributed by atoms with Crippen LogP contribution in [0.25, 0.3) is 0 Å². The molecule has 0 saturated heterocycles. The van der Waals surface area contributed by atoms with E-state index in [-0.39, 0.29) is 0 Å². The van der Waals surface area contributed by atoms with Gasteiger partial charge in [-0.2, -0.15) is 0 Å². The Morgan fingerprint density at radius 1 is 1.17 bits per heavy atom. The molecular formula is C19H30BrNO2. The lowest BCUT2D eigenvalue weighted by molar-refractivity contribution is 0.324. The molecule has 0 saturated carbocycles. The minimum Gasteiger partial charge on any atom is -0.493 e. The van der Waals surface area contributed by atoms with Crippen molar-refractivity contribution in [3.05, 3.63) is 34.8 Å². The summed E-state index contributed by atoms with van der Waals surface area (Å²) >= 11 is 3.56. The average molecular weight is 384 g/mol. The summed E-state index contributed by atoms with van der Waals surface area (Å²) in [5, 5.41) is 3.50. The summed E-state index contributed by atoms with van der Waals surface area (Å²) in [5.74, 6) is 1.48. The maximum atomic E-state index is 5.64. The number of unbranched alkanes of at least 4 members (excludes halogenated alkanes) is 5. The first kappa shape index (κ1) is 20.0. The molecule has 0 aromatic heterocycles. The highest BCUT2D eigenvalue weighted by Gasteiger charge is 2.11. The molecule has 3 nitrogen and oxygen atoms in total. The van der Waals surface area contributed by atoms with Crippen LogP contribution in [0.1, 0.15) is 51.0 Å². The lowest BCUT2D eigenvalue weighted by Crippen LogP contribution is -2.14. The van der Waals surface area contributed by atoms with Crippen molar-refractivity contribution >= 4 is 15.9 Å². The summed E-state index contributed by atoms with van der Waals surface area (Å²) in [5.41, 5.74) is 1.19. The Balaban J connectivity index is 2.39. The fourth-order valence-corrected chi connectivity index (χ4v) is 3.02. The van der Waals surface area contributed by atoms with Crippen LogP contribution in [0.2, 0.25) is 0 Å². The van der Waals surface area contributed by atoms with Crippen molar-refractivity contribution in [2.24, 2.45) is 0 Å². The lowest BCUT2D eigenvalue weighted by atomic mass is 10.1. The van der Waals surface area contributed by atoms with Crippen molar-refractivity contribution in [3.63, 3.8) is 0 Å². The Morgan fingerprint density at radius 3 is 2.61 bits per heavy atom. The van der Waals surface area contributed by atoms with Gasteiger partial charge in [-0.3, -0.25) is 0 Å². The van der Waals surface area contributed by atoms with Crippen molar-refractivity contribution in [3.8, 4) is 11.5 Å². The van der Waals surface area contributed by atoms with Crippen LogP contribution in [0.3, 0.4) is 0 Å². The molecule has 1 aromatic carbocycles. The number of hydrogen-bond donors (Lipinski definition) is 1. The van der Waals surface area contributed by atoms with Crippen LogP contribution >= 0.6 is 15.9 Å². The summed E-state index contributed by atoms with van der Waals surface area (Å²) in [6.07, 6.45) is 9.67. The van der Waals surface area contributed by atoms with Crippen LogP contribution in [0, 0.1) is 0 Å². The van der Waals surface area contributed by atoms with E-state index in [0.29, 0.717) is 6.61 Å². The minimum atomic E-state index is 0.463. The van der Waals surface area contributed by atoms with Gasteiger partial charge in [0.2, 0.25) is 0 Å². The van der Waals surface area contributed by atoms with Gasteiger partial charge in [0.25, 0.3) is 0 Å². The van der Waals surface area contributed by atoms with E-state index in [1.165, 1.54) is 44.1 Å². The summed E-state index contributed by atoms with van der Waals surface area (Å²) in [6, 6.07) is 4.10. The van der Waals surface area contributed by atoms with Crippen LogP contribution in [-0.4, -0.2) is 20.3 Å². The first-order valence-electron chi connectivity index (χ1n) is 8.53. The highest BCUT2D eigenvalue weighted by atomic mass is 79.9. The summed E-state index contributed by atoms with van der Waals surface area (Å²) in [4.78, 5) is 0. The molecule has 0 aliphatic heterocycles. The quantitative estimate of drug-likeness (QED) is 0.361. The van der Waals surface area contributed by atoms with Crippen molar-refractivity contribution in [1.82, 2.24) is 5.32 Å². The van der Waals surface area contributed by atoms with Gasteiger partial charge in [-0.05, 0) is 46.6 Å². The third-order valence-corrected chi connectivity index (χ3v) is 4.26. The van der Waals surface area contributed by atoms with E-state index in [1.807, 2.05) is 6.07 Å². The molecule has 1 rings (SSSR count). The second-order valence-corrected chi connectivity index (χ2v) is 6.51. The van der Waals surface area contributed by atoms with Gasteiger partial charge in [0.05, 0.1) is 11.6 Å². The molecule has 23 heavy (non-hydrogen) atoms. The maximum Gasteiger partial charge on any atom is 0.175 e. The normalized spacial score (nSPS) is 10.6. The summed E-state index contributed by atoms with van der Waals surface area (Å²) in [6.45, 7) is 8.28. The smallest absolute Gasteiger partial charge is 0.175 e. The average Bonchev–Trinajstić information content (AvgIpc) is 2.55. The first-order chi connectivity index (χ1) is 11.2. The third kappa shape index (κ3) is 7.89. The second kappa shape index (κ2) is 12.4. The monoisotopic (exact) mass is 383 g/mol. The van der Waals surface area contributed by atoms with E-state index in [9.17, 15) is 0 Å². The van der Waals surface area contributed by atoms with Gasteiger partial charge in [-0.1, -0.05) is 51.7 Å². The Bertz CT molecular complexity index is 463. The zero-order valence-electron chi connectivity index (χ0n) is 14.5. The van der Waals surface area contributed by atoms with Gasteiger partial charge >= 0.3 is 0 Å². The third-order valence-electron chi connectivity index (χ3n) is 3.67. The molecule has 0 heterocycles. The number of nitrogens with one attached hydrogen (secondary N) is 1. The van der Waals surface area contributed by atoms with Crippen molar-refractivity contribution in [2.45, 2.75) is 52.0 Å². The number of rotatable bonds is 13. The van der Waals surface area contributed by atoms with Gasteiger partial charge in [-0.15, -0.1) is 0 Å². The molecule has 0 unspecified atom stereocenters. The molecular weight excluding hydrogens is 354 g/mol. The van der Waals surface area contributed by atoms with Crippen LogP contribution in [-0.2, 0) is 6.54 Å². The molecule has 0 radical (unpaired) electrons. The van der Waals surface area contributed by atoms with E-state index in [4.69, 9.17) is 9.47 Å². The van der Waals surface area contributed by atoms with Crippen LogP contribution in [0.15, 0.2) is 29.3 Å². The van der Waals surface area contributed by atoms with Gasteiger partial charge in [0.15, 0.2) is 11.5 Å². The minimum absolute atomic E-state index is 0.463. The van der Waals surface area contributed by atoms with Crippen molar-refractivity contribution in [2.75, 3.05) is 20.3 Å². The van der Waals surface area contributed by atoms with Gasteiger partial charge < -0.3 is 14.8 Å². The predicted octanol–water partition coefficient (Wildman–Crippen LogP) is 5.47. The number of methoxy groups -OCH3 is 1. The van der Waals surface area contributed by atoms with E-state index in [1.54, 1.807) is 13.2 Å². The first-order valence-corrected chi connectivity index (χ1v) is 9.33. The maximum absolute atomic E-state index is 5.64. The van der Waals surface area contributed by atoms with Crippen molar-refractivity contribution < 1.29 is 9.47 Å². The second-order valence-electron chi connectivity index (χ2n) is 5.65. The molecule has 4 heteroatoms. The standard InChI is InChI=1S/C19H30BrNO2/c1-4-6-7-8-9-10-11-21-15-16-13-17(20)19(23-12-5-2)18(14-16)22-3/h5,13-14,21H,2,4,6-12,15H2,1,3H3. The van der Waals surface area contributed by atoms with E-state index in [2.05, 4.69) is 40.8 Å². The molecule has 1 N–H and O–H groups in total. The Morgan fingerprint density at radius 2 is 1.91 bits per heavy atom. The van der Waals surface area contributed by atoms with E-state index in [0.717, 1.165) is 29.1 Å². The fraction of sp³-hybridized carbons (Fsp3) is 0.579. The van der Waals surface area contributed by atoms with Crippen LogP contribution in [0.4, 0.5) is 0 Å². The van der Waals surface area contributed by atoms with Gasteiger partial charge in [0, 0.05) is 6.54 Å². The highest BCUT2D eigenvalue weighted by Crippen LogP contribution is 2.36. The molecule has 0 aliphatic carbocycles. The molecule has 0 fully saturated rings. The number of ether oxygens (including phenoxy) is 2. The largest absolute Gasteiger partial charge is 0.493 e. The zero-order valence-corrected chi connectivity index (χ0v) is 16.1. The molecule has 0 bridgehead atoms. The van der Waals surface area contributed by atoms with Crippen LogP contribution in [0.5, 0.6) is 11.5 Å². The Labute approximate surface area is 149 Å². The van der Waals surface area contributed by atoms with Crippen molar-refractivity contribution in [1.29, 1.82) is 0 Å². The molecule has 0 aliphatic rings. The van der Waals surface area contributed by atoms with Gasteiger partial charge in [0.1, 0.15) is 6.61 Å². The molecule has 0 atom stereocenters. The van der Waals surface area contributed by atoms with E-state index >= 15 is 0 Å². The molecule has 0 spiro atoms. The van der Waals surface area contributed by atoms with Crippen LogP contribution < -0.4 is 14.8 Å². The highest BCUT2D eigenvalue weighted by molar-refractivity contribution is 9.10. The predicted molar refractivity (Wildman–Crippen MR) is 101 cm³/mol. The summed E-state index contributed by atoms with van der Waals surface area (Å²) < 4.78 is 12.0. The number of hydrogen-bond acceptors (Lipinski definition) is 3. The Kier molecular flexibility index (Phi) is 10.8. The molecule has 0 amide bonds. The molecule has 1 aromatic rings. The number of benzene rings is 1. The number of halogens is 1.